The maximum atomic E-state index is 12.2. The number of rotatable bonds is 5. The number of hydrogen-bond acceptors (Lipinski definition) is 5. The Bertz CT molecular complexity index is 707. The molecule has 6 nitrogen and oxygen atoms in total. The van der Waals surface area contributed by atoms with E-state index >= 15 is 0 Å². The van der Waals surface area contributed by atoms with Gasteiger partial charge in [-0.05, 0) is 31.0 Å². The van der Waals surface area contributed by atoms with Gasteiger partial charge in [0.25, 0.3) is 0 Å². The number of aliphatic hydroxyl groups excluding tert-OH is 1. The van der Waals surface area contributed by atoms with Gasteiger partial charge in [-0.15, -0.1) is 0 Å². The zero-order valence-electron chi connectivity index (χ0n) is 11.3. The summed E-state index contributed by atoms with van der Waals surface area (Å²) in [5.41, 5.74) is 1.12. The highest BCUT2D eigenvalue weighted by Crippen LogP contribution is 2.19. The van der Waals surface area contributed by atoms with Gasteiger partial charge in [-0.25, -0.2) is 18.1 Å². The van der Waals surface area contributed by atoms with Gasteiger partial charge in [-0.1, -0.05) is 12.1 Å². The highest BCUT2D eigenvalue weighted by molar-refractivity contribution is 7.89. The van der Waals surface area contributed by atoms with E-state index in [2.05, 4.69) is 9.71 Å². The van der Waals surface area contributed by atoms with E-state index in [9.17, 15) is 13.5 Å². The van der Waals surface area contributed by atoms with Crippen molar-refractivity contribution in [1.82, 2.24) is 9.71 Å². The molecule has 1 aromatic heterocycles. The van der Waals surface area contributed by atoms with E-state index in [1.54, 1.807) is 26.0 Å². The highest BCUT2D eigenvalue weighted by Gasteiger charge is 2.18. The average Bonchev–Trinajstić information content (AvgIpc) is 2.82. The number of sulfonamides is 1. The summed E-state index contributed by atoms with van der Waals surface area (Å²) in [6.45, 7) is 3.18. The molecule has 0 aliphatic heterocycles. The van der Waals surface area contributed by atoms with Gasteiger partial charge in [0.15, 0.2) is 0 Å². The van der Waals surface area contributed by atoms with Crippen LogP contribution in [0.1, 0.15) is 22.8 Å². The zero-order chi connectivity index (χ0) is 14.8. The third-order valence-corrected chi connectivity index (χ3v) is 4.48. The number of nitrogens with one attached hydrogen (secondary N) is 1. The Balaban J connectivity index is 2.22. The summed E-state index contributed by atoms with van der Waals surface area (Å²) in [4.78, 5) is 4.08. The van der Waals surface area contributed by atoms with Crippen molar-refractivity contribution in [1.29, 1.82) is 0 Å². The average molecular weight is 296 g/mol. The van der Waals surface area contributed by atoms with Crippen LogP contribution in [0.4, 0.5) is 0 Å². The first kappa shape index (κ1) is 14.7. The van der Waals surface area contributed by atoms with E-state index < -0.39 is 10.0 Å². The minimum absolute atomic E-state index is 0.0149. The van der Waals surface area contributed by atoms with Crippen LogP contribution in [0.5, 0.6) is 0 Å². The van der Waals surface area contributed by atoms with Crippen molar-refractivity contribution in [3.63, 3.8) is 0 Å². The maximum Gasteiger partial charge on any atom is 0.241 e. The first-order valence-corrected chi connectivity index (χ1v) is 7.52. The summed E-state index contributed by atoms with van der Waals surface area (Å²) < 4.78 is 32.1. The van der Waals surface area contributed by atoms with Crippen molar-refractivity contribution >= 4 is 10.0 Å². The maximum absolute atomic E-state index is 12.2. The van der Waals surface area contributed by atoms with Crippen molar-refractivity contribution in [2.45, 2.75) is 31.9 Å². The number of oxazole rings is 1. The number of aryl methyl sites for hydroxylation is 1. The van der Waals surface area contributed by atoms with Crippen molar-refractivity contribution < 1.29 is 17.9 Å². The number of aliphatic hydroxyl groups is 1. The molecular formula is C13H16N2O4S. The molecule has 1 heterocycles. The van der Waals surface area contributed by atoms with E-state index in [1.165, 1.54) is 12.3 Å². The van der Waals surface area contributed by atoms with Gasteiger partial charge in [-0.3, -0.25) is 0 Å². The molecule has 108 valence electrons. The number of nitrogens with zero attached hydrogens (tertiary/aromatic N) is 1. The molecule has 0 spiro atoms. The van der Waals surface area contributed by atoms with Crippen molar-refractivity contribution in [2.75, 3.05) is 0 Å². The molecule has 2 rings (SSSR count). The van der Waals surface area contributed by atoms with Crippen molar-refractivity contribution in [3.8, 4) is 0 Å². The lowest BCUT2D eigenvalue weighted by Gasteiger charge is -2.10. The normalized spacial score (nSPS) is 11.8. The summed E-state index contributed by atoms with van der Waals surface area (Å²) in [6, 6.07) is 4.78. The Morgan fingerprint density at radius 2 is 2.10 bits per heavy atom. The molecule has 0 fully saturated rings. The van der Waals surface area contributed by atoms with Gasteiger partial charge in [0.05, 0.1) is 24.2 Å². The summed E-state index contributed by atoms with van der Waals surface area (Å²) in [7, 11) is -3.67. The van der Waals surface area contributed by atoms with Gasteiger partial charge in [0.2, 0.25) is 15.9 Å². The fraction of sp³-hybridized carbons (Fsp3) is 0.308. The van der Waals surface area contributed by atoms with Crippen LogP contribution in [0.3, 0.4) is 0 Å². The number of hydrogen-bond donors (Lipinski definition) is 2. The van der Waals surface area contributed by atoms with Crippen LogP contribution in [-0.2, 0) is 23.2 Å². The predicted molar refractivity (Wildman–Crippen MR) is 72.4 cm³/mol. The minimum Gasteiger partial charge on any atom is -0.445 e. The molecule has 0 radical (unpaired) electrons. The third kappa shape index (κ3) is 3.06. The van der Waals surface area contributed by atoms with Crippen LogP contribution < -0.4 is 4.72 Å². The monoisotopic (exact) mass is 296 g/mol. The molecule has 7 heteroatoms. The summed E-state index contributed by atoms with van der Waals surface area (Å²) in [6.07, 6.45) is 1.53. The molecule has 0 bridgehead atoms. The lowest BCUT2D eigenvalue weighted by Crippen LogP contribution is -2.24. The summed E-state index contributed by atoms with van der Waals surface area (Å²) in [5, 5.41) is 9.18. The second-order valence-corrected chi connectivity index (χ2v) is 6.12. The first-order valence-electron chi connectivity index (χ1n) is 6.04. The highest BCUT2D eigenvalue weighted by atomic mass is 32.2. The lowest BCUT2D eigenvalue weighted by molar-refractivity contribution is 0.280. The van der Waals surface area contributed by atoms with E-state index in [-0.39, 0.29) is 18.0 Å². The van der Waals surface area contributed by atoms with Crippen molar-refractivity contribution in [3.05, 3.63) is 47.2 Å². The molecule has 1 aromatic carbocycles. The second-order valence-electron chi connectivity index (χ2n) is 4.39. The molecule has 2 N–H and O–H groups in total. The largest absolute Gasteiger partial charge is 0.445 e. The van der Waals surface area contributed by atoms with Gasteiger partial charge in [0.1, 0.15) is 5.76 Å². The Hall–Kier alpha value is -1.70. The lowest BCUT2D eigenvalue weighted by atomic mass is 10.1. The molecule has 0 unspecified atom stereocenters. The van der Waals surface area contributed by atoms with Crippen molar-refractivity contribution in [2.24, 2.45) is 0 Å². The fourth-order valence-corrected chi connectivity index (χ4v) is 3.10. The van der Waals surface area contributed by atoms with Crippen LogP contribution in [0.25, 0.3) is 0 Å². The third-order valence-electron chi connectivity index (χ3n) is 2.94. The van der Waals surface area contributed by atoms with Crippen LogP contribution in [0.2, 0.25) is 0 Å². The Morgan fingerprint density at radius 3 is 2.70 bits per heavy atom. The van der Waals surface area contributed by atoms with E-state index in [4.69, 9.17) is 4.42 Å². The summed E-state index contributed by atoms with van der Waals surface area (Å²) in [5.74, 6) is 0.930. The minimum atomic E-state index is -3.67. The predicted octanol–water partition coefficient (Wildman–Crippen LogP) is 1.26. The van der Waals surface area contributed by atoms with Gasteiger partial charge in [-0.2, -0.15) is 0 Å². The summed E-state index contributed by atoms with van der Waals surface area (Å²) >= 11 is 0. The van der Waals surface area contributed by atoms with Crippen LogP contribution in [-0.4, -0.2) is 18.5 Å². The standard InChI is InChI=1S/C13H16N2O4S/c1-9-6-14-13(19-9)7-15-20(17,18)12-5-3-4-11(8-16)10(12)2/h3-6,15-16H,7-8H2,1-2H3. The topological polar surface area (TPSA) is 92.4 Å². The molecule has 0 atom stereocenters. The van der Waals surface area contributed by atoms with Gasteiger partial charge < -0.3 is 9.52 Å². The molecule has 20 heavy (non-hydrogen) atoms. The van der Waals surface area contributed by atoms with Crippen LogP contribution in [0, 0.1) is 13.8 Å². The molecule has 0 amide bonds. The zero-order valence-corrected chi connectivity index (χ0v) is 12.1. The molecule has 0 aliphatic carbocycles. The quantitative estimate of drug-likeness (QED) is 0.866. The molecule has 0 saturated carbocycles. The second kappa shape index (κ2) is 5.74. The smallest absolute Gasteiger partial charge is 0.241 e. The number of aromatic nitrogens is 1. The Labute approximate surface area is 117 Å². The molecular weight excluding hydrogens is 280 g/mol. The van der Waals surface area contributed by atoms with E-state index in [0.29, 0.717) is 22.8 Å². The SMILES string of the molecule is Cc1cnc(CNS(=O)(=O)c2cccc(CO)c2C)o1. The Kier molecular flexibility index (Phi) is 4.22. The van der Waals surface area contributed by atoms with Gasteiger partial charge in [0, 0.05) is 0 Å². The molecule has 0 aliphatic rings. The van der Waals surface area contributed by atoms with Crippen LogP contribution >= 0.6 is 0 Å². The van der Waals surface area contributed by atoms with E-state index in [0.717, 1.165) is 0 Å². The molecule has 2 aromatic rings. The van der Waals surface area contributed by atoms with Crippen LogP contribution in [0.15, 0.2) is 33.7 Å². The first-order chi connectivity index (χ1) is 9.44. The van der Waals surface area contributed by atoms with E-state index in [1.807, 2.05) is 0 Å². The van der Waals surface area contributed by atoms with Gasteiger partial charge >= 0.3 is 0 Å². The Morgan fingerprint density at radius 1 is 1.35 bits per heavy atom. The number of benzene rings is 1. The fourth-order valence-electron chi connectivity index (χ4n) is 1.84. The molecule has 0 saturated heterocycles.